The van der Waals surface area contributed by atoms with Crippen molar-refractivity contribution in [1.82, 2.24) is 14.5 Å². The number of hydrogen-bond donors (Lipinski definition) is 1. The Morgan fingerprint density at radius 3 is 2.74 bits per heavy atom. The van der Waals surface area contributed by atoms with Gasteiger partial charge in [0.15, 0.2) is 5.13 Å². The molecule has 0 aliphatic heterocycles. The molecule has 0 unspecified atom stereocenters. The van der Waals surface area contributed by atoms with Gasteiger partial charge >= 0.3 is 0 Å². The molecule has 2 heterocycles. The minimum atomic E-state index is -0.328. The van der Waals surface area contributed by atoms with Crippen LogP contribution in [-0.2, 0) is 11.3 Å². The van der Waals surface area contributed by atoms with Crippen LogP contribution in [0.1, 0.15) is 0 Å². The fourth-order valence-electron chi connectivity index (χ4n) is 2.62. The van der Waals surface area contributed by atoms with Gasteiger partial charge in [0, 0.05) is 15.4 Å². The maximum absolute atomic E-state index is 12.5. The zero-order chi connectivity index (χ0) is 18.8. The molecule has 0 fully saturated rings. The molecule has 2 aromatic carbocycles. The Hall–Kier alpha value is -2.84. The number of aromatic nitrogens is 3. The molecule has 0 saturated heterocycles. The van der Waals surface area contributed by atoms with E-state index in [0.717, 1.165) is 15.7 Å². The van der Waals surface area contributed by atoms with E-state index in [-0.39, 0.29) is 18.0 Å². The molecule has 6 nitrogen and oxygen atoms in total. The Balaban J connectivity index is 1.49. The Kier molecular flexibility index (Phi) is 4.83. The smallest absolute Gasteiger partial charge is 0.261 e. The Morgan fingerprint density at radius 1 is 1.15 bits per heavy atom. The van der Waals surface area contributed by atoms with E-state index in [1.807, 2.05) is 35.7 Å². The highest BCUT2D eigenvalue weighted by atomic mass is 79.9. The van der Waals surface area contributed by atoms with Crippen LogP contribution in [-0.4, -0.2) is 20.4 Å². The van der Waals surface area contributed by atoms with E-state index in [1.54, 1.807) is 18.2 Å². The van der Waals surface area contributed by atoms with Crippen molar-refractivity contribution in [3.63, 3.8) is 0 Å². The summed E-state index contributed by atoms with van der Waals surface area (Å²) in [4.78, 5) is 33.4. The van der Waals surface area contributed by atoms with Gasteiger partial charge in [-0.25, -0.2) is 9.97 Å². The summed E-state index contributed by atoms with van der Waals surface area (Å²) in [5.74, 6) is -0.328. The van der Waals surface area contributed by atoms with E-state index < -0.39 is 0 Å². The van der Waals surface area contributed by atoms with Crippen LogP contribution in [0, 0.1) is 0 Å². The standard InChI is InChI=1S/C19H13BrN4O2S/c20-13-7-5-12(6-8-13)16-10-27-19(22-16)23-17(25)9-24-11-21-15-4-2-1-3-14(15)18(24)26/h1-8,10-11H,9H2,(H,22,23,25). The number of fused-ring (bicyclic) bond motifs is 1. The van der Waals surface area contributed by atoms with Crippen LogP contribution >= 0.6 is 27.3 Å². The molecule has 8 heteroatoms. The summed E-state index contributed by atoms with van der Waals surface area (Å²) in [7, 11) is 0. The van der Waals surface area contributed by atoms with Crippen LogP contribution < -0.4 is 10.9 Å². The number of anilines is 1. The zero-order valence-electron chi connectivity index (χ0n) is 13.9. The normalized spacial score (nSPS) is 10.9. The topological polar surface area (TPSA) is 76.9 Å². The SMILES string of the molecule is O=C(Cn1cnc2ccccc2c1=O)Nc1nc(-c2ccc(Br)cc2)cs1. The van der Waals surface area contributed by atoms with Gasteiger partial charge in [-0.15, -0.1) is 11.3 Å². The number of carbonyl (C=O) groups is 1. The Labute approximate surface area is 166 Å². The number of benzene rings is 2. The fraction of sp³-hybridized carbons (Fsp3) is 0.0526. The predicted molar refractivity (Wildman–Crippen MR) is 110 cm³/mol. The first-order chi connectivity index (χ1) is 13.1. The highest BCUT2D eigenvalue weighted by Crippen LogP contribution is 2.26. The molecule has 4 aromatic rings. The van der Waals surface area contributed by atoms with E-state index in [1.165, 1.54) is 22.2 Å². The van der Waals surface area contributed by atoms with Crippen LogP contribution in [0.5, 0.6) is 0 Å². The zero-order valence-corrected chi connectivity index (χ0v) is 16.3. The summed E-state index contributed by atoms with van der Waals surface area (Å²) in [6.45, 7) is -0.121. The van der Waals surface area contributed by atoms with E-state index in [9.17, 15) is 9.59 Å². The number of carbonyl (C=O) groups excluding carboxylic acids is 1. The number of nitrogens with one attached hydrogen (secondary N) is 1. The maximum atomic E-state index is 12.5. The molecular weight excluding hydrogens is 428 g/mol. The van der Waals surface area contributed by atoms with Crippen molar-refractivity contribution in [3.8, 4) is 11.3 Å². The van der Waals surface area contributed by atoms with Gasteiger partial charge in [-0.1, -0.05) is 40.2 Å². The fourth-order valence-corrected chi connectivity index (χ4v) is 3.62. The summed E-state index contributed by atoms with van der Waals surface area (Å²) in [6.07, 6.45) is 1.39. The quantitative estimate of drug-likeness (QED) is 0.521. The first kappa shape index (κ1) is 17.6. The molecule has 0 bridgehead atoms. The molecule has 1 N–H and O–H groups in total. The second-order valence-corrected chi connectivity index (χ2v) is 7.56. The second kappa shape index (κ2) is 7.42. The minimum Gasteiger partial charge on any atom is -0.300 e. The van der Waals surface area contributed by atoms with Crippen molar-refractivity contribution in [2.24, 2.45) is 0 Å². The van der Waals surface area contributed by atoms with Gasteiger partial charge in [-0.2, -0.15) is 0 Å². The number of nitrogens with zero attached hydrogens (tertiary/aromatic N) is 3. The van der Waals surface area contributed by atoms with Crippen molar-refractivity contribution in [3.05, 3.63) is 75.1 Å². The number of thiazole rings is 1. The number of rotatable bonds is 4. The Bertz CT molecular complexity index is 1180. The molecule has 0 atom stereocenters. The minimum absolute atomic E-state index is 0.121. The summed E-state index contributed by atoms with van der Waals surface area (Å²) < 4.78 is 2.28. The molecule has 0 aliphatic rings. The van der Waals surface area contributed by atoms with Gasteiger partial charge < -0.3 is 5.32 Å². The lowest BCUT2D eigenvalue weighted by Gasteiger charge is -2.06. The van der Waals surface area contributed by atoms with Gasteiger partial charge in [0.05, 0.1) is 22.9 Å². The van der Waals surface area contributed by atoms with Crippen molar-refractivity contribution >= 4 is 49.2 Å². The van der Waals surface area contributed by atoms with Gasteiger partial charge in [-0.05, 0) is 24.3 Å². The van der Waals surface area contributed by atoms with Gasteiger partial charge in [0.1, 0.15) is 6.54 Å². The molecule has 134 valence electrons. The largest absolute Gasteiger partial charge is 0.300 e. The van der Waals surface area contributed by atoms with Crippen LogP contribution in [0.4, 0.5) is 5.13 Å². The lowest BCUT2D eigenvalue weighted by atomic mass is 10.2. The van der Waals surface area contributed by atoms with E-state index >= 15 is 0 Å². The van der Waals surface area contributed by atoms with Crippen molar-refractivity contribution in [2.45, 2.75) is 6.54 Å². The highest BCUT2D eigenvalue weighted by Gasteiger charge is 2.11. The van der Waals surface area contributed by atoms with Crippen LogP contribution in [0.15, 0.2) is 69.5 Å². The monoisotopic (exact) mass is 440 g/mol. The third-order valence-corrected chi connectivity index (χ3v) is 5.22. The molecule has 2 aromatic heterocycles. The highest BCUT2D eigenvalue weighted by molar-refractivity contribution is 9.10. The van der Waals surface area contributed by atoms with Gasteiger partial charge in [-0.3, -0.25) is 14.2 Å². The third kappa shape index (κ3) is 3.81. The van der Waals surface area contributed by atoms with Gasteiger partial charge in [0.25, 0.3) is 5.56 Å². The van der Waals surface area contributed by atoms with Gasteiger partial charge in [0.2, 0.25) is 5.91 Å². The average Bonchev–Trinajstić information content (AvgIpc) is 3.13. The molecule has 4 rings (SSSR count). The average molecular weight is 441 g/mol. The molecule has 1 amide bonds. The van der Waals surface area contributed by atoms with E-state index in [4.69, 9.17) is 0 Å². The van der Waals surface area contributed by atoms with Crippen molar-refractivity contribution in [1.29, 1.82) is 0 Å². The molecule has 0 spiro atoms. The van der Waals surface area contributed by atoms with Crippen LogP contribution in [0.2, 0.25) is 0 Å². The Morgan fingerprint density at radius 2 is 1.93 bits per heavy atom. The van der Waals surface area contributed by atoms with Crippen LogP contribution in [0.3, 0.4) is 0 Å². The molecular formula is C19H13BrN4O2S. The van der Waals surface area contributed by atoms with Crippen molar-refractivity contribution < 1.29 is 4.79 Å². The summed E-state index contributed by atoms with van der Waals surface area (Å²) in [6, 6.07) is 14.8. The number of hydrogen-bond acceptors (Lipinski definition) is 5. The summed E-state index contributed by atoms with van der Waals surface area (Å²) >= 11 is 4.74. The second-order valence-electron chi connectivity index (χ2n) is 5.79. The number of halogens is 1. The summed E-state index contributed by atoms with van der Waals surface area (Å²) in [5.41, 5.74) is 2.11. The maximum Gasteiger partial charge on any atom is 0.261 e. The molecule has 0 aliphatic carbocycles. The number of amides is 1. The first-order valence-corrected chi connectivity index (χ1v) is 9.73. The van der Waals surface area contributed by atoms with E-state index in [0.29, 0.717) is 16.0 Å². The lowest BCUT2D eigenvalue weighted by molar-refractivity contribution is -0.116. The first-order valence-electron chi connectivity index (χ1n) is 8.06. The summed E-state index contributed by atoms with van der Waals surface area (Å²) in [5, 5.41) is 5.59. The van der Waals surface area contributed by atoms with Crippen LogP contribution in [0.25, 0.3) is 22.2 Å². The molecule has 0 saturated carbocycles. The third-order valence-electron chi connectivity index (χ3n) is 3.94. The predicted octanol–water partition coefficient (Wildman–Crippen LogP) is 3.92. The van der Waals surface area contributed by atoms with Crippen molar-refractivity contribution in [2.75, 3.05) is 5.32 Å². The molecule has 0 radical (unpaired) electrons. The molecule has 27 heavy (non-hydrogen) atoms. The van der Waals surface area contributed by atoms with E-state index in [2.05, 4.69) is 31.2 Å². The lowest BCUT2D eigenvalue weighted by Crippen LogP contribution is -2.27. The number of para-hydroxylation sites is 1.